The third kappa shape index (κ3) is 3.51. The molecule has 1 N–H and O–H groups in total. The molecule has 1 atom stereocenters. The second-order valence-corrected chi connectivity index (χ2v) is 4.42. The first-order valence-corrected chi connectivity index (χ1v) is 6.09. The second kappa shape index (κ2) is 5.80. The Bertz CT molecular complexity index is 570. The van der Waals surface area contributed by atoms with Crippen molar-refractivity contribution in [2.45, 2.75) is 26.6 Å². The molecule has 0 fully saturated rings. The van der Waals surface area contributed by atoms with Gasteiger partial charge in [-0.2, -0.15) is 0 Å². The number of aliphatic hydroxyl groups excluding tert-OH is 1. The van der Waals surface area contributed by atoms with Crippen LogP contribution >= 0.6 is 0 Å². The number of hydrogen-bond donors (Lipinski definition) is 1. The molecule has 0 saturated heterocycles. The number of hydrogen-bond acceptors (Lipinski definition) is 3. The molecule has 100 valence electrons. The van der Waals surface area contributed by atoms with Gasteiger partial charge in [-0.1, -0.05) is 12.1 Å². The first-order chi connectivity index (χ1) is 9.06. The number of ether oxygens (including phenoxy) is 1. The van der Waals surface area contributed by atoms with Gasteiger partial charge < -0.3 is 9.84 Å². The predicted molar refractivity (Wildman–Crippen MR) is 70.3 cm³/mol. The summed E-state index contributed by atoms with van der Waals surface area (Å²) in [5, 5.41) is 9.36. The van der Waals surface area contributed by atoms with E-state index in [1.165, 1.54) is 12.1 Å². The summed E-state index contributed by atoms with van der Waals surface area (Å²) in [5.41, 5.74) is 2.17. The van der Waals surface area contributed by atoms with Crippen LogP contribution < -0.4 is 4.74 Å². The SMILES string of the molecule is Cc1cccc(COc2ccc([C@H](C)O)cc2F)n1. The number of pyridine rings is 1. The molecule has 0 aliphatic carbocycles. The lowest BCUT2D eigenvalue weighted by Gasteiger charge is -2.10. The maximum Gasteiger partial charge on any atom is 0.165 e. The van der Waals surface area contributed by atoms with Gasteiger partial charge in [-0.05, 0) is 43.7 Å². The highest BCUT2D eigenvalue weighted by molar-refractivity contribution is 5.30. The van der Waals surface area contributed by atoms with Gasteiger partial charge in [0.05, 0.1) is 11.8 Å². The van der Waals surface area contributed by atoms with Gasteiger partial charge in [-0.25, -0.2) is 4.39 Å². The molecule has 0 amide bonds. The zero-order valence-electron chi connectivity index (χ0n) is 10.9. The Hall–Kier alpha value is -1.94. The number of nitrogens with zero attached hydrogens (tertiary/aromatic N) is 1. The van der Waals surface area contributed by atoms with E-state index >= 15 is 0 Å². The van der Waals surface area contributed by atoms with E-state index in [9.17, 15) is 9.50 Å². The molecule has 2 rings (SSSR count). The van der Waals surface area contributed by atoms with Crippen molar-refractivity contribution in [3.63, 3.8) is 0 Å². The van der Waals surface area contributed by atoms with Gasteiger partial charge in [0.1, 0.15) is 6.61 Å². The van der Waals surface area contributed by atoms with Crippen molar-refractivity contribution in [2.24, 2.45) is 0 Å². The lowest BCUT2D eigenvalue weighted by Crippen LogP contribution is -2.01. The molecule has 1 aromatic heterocycles. The predicted octanol–water partition coefficient (Wildman–Crippen LogP) is 3.16. The van der Waals surface area contributed by atoms with E-state index in [-0.39, 0.29) is 12.4 Å². The quantitative estimate of drug-likeness (QED) is 0.919. The van der Waals surface area contributed by atoms with Gasteiger partial charge in [-0.15, -0.1) is 0 Å². The van der Waals surface area contributed by atoms with Gasteiger partial charge in [0.25, 0.3) is 0 Å². The molecule has 1 heterocycles. The molecule has 3 nitrogen and oxygen atoms in total. The number of aryl methyl sites for hydroxylation is 1. The number of aromatic nitrogens is 1. The van der Waals surface area contributed by atoms with Crippen molar-refractivity contribution >= 4 is 0 Å². The highest BCUT2D eigenvalue weighted by Crippen LogP contribution is 2.22. The highest BCUT2D eigenvalue weighted by Gasteiger charge is 2.08. The average Bonchev–Trinajstić information content (AvgIpc) is 2.37. The monoisotopic (exact) mass is 261 g/mol. The second-order valence-electron chi connectivity index (χ2n) is 4.42. The van der Waals surface area contributed by atoms with Crippen LogP contribution in [0.25, 0.3) is 0 Å². The molecule has 0 saturated carbocycles. The van der Waals surface area contributed by atoms with E-state index in [1.54, 1.807) is 13.0 Å². The van der Waals surface area contributed by atoms with Crippen molar-refractivity contribution < 1.29 is 14.2 Å². The van der Waals surface area contributed by atoms with Gasteiger partial charge in [0.15, 0.2) is 11.6 Å². The van der Waals surface area contributed by atoms with E-state index in [0.29, 0.717) is 5.56 Å². The fourth-order valence-corrected chi connectivity index (χ4v) is 1.73. The normalized spacial score (nSPS) is 12.2. The van der Waals surface area contributed by atoms with Crippen molar-refractivity contribution in [2.75, 3.05) is 0 Å². The Kier molecular flexibility index (Phi) is 4.12. The largest absolute Gasteiger partial charge is 0.484 e. The zero-order chi connectivity index (χ0) is 13.8. The standard InChI is InChI=1S/C15H16FNO2/c1-10-4-3-5-13(17-10)9-19-15-7-6-12(11(2)18)8-14(15)16/h3-8,11,18H,9H2,1-2H3/t11-/m0/s1. The minimum Gasteiger partial charge on any atom is -0.484 e. The lowest BCUT2D eigenvalue weighted by molar-refractivity contribution is 0.198. The van der Waals surface area contributed by atoms with Crippen molar-refractivity contribution in [1.29, 1.82) is 0 Å². The molecule has 0 radical (unpaired) electrons. The van der Waals surface area contributed by atoms with Gasteiger partial charge in [0.2, 0.25) is 0 Å². The van der Waals surface area contributed by atoms with E-state index < -0.39 is 11.9 Å². The third-order valence-electron chi connectivity index (χ3n) is 2.76. The van der Waals surface area contributed by atoms with Gasteiger partial charge >= 0.3 is 0 Å². The molecular weight excluding hydrogens is 245 g/mol. The Morgan fingerprint density at radius 1 is 1.32 bits per heavy atom. The summed E-state index contributed by atoms with van der Waals surface area (Å²) in [7, 11) is 0. The molecule has 0 unspecified atom stereocenters. The molecule has 0 aliphatic rings. The molecule has 2 aromatic rings. The summed E-state index contributed by atoms with van der Waals surface area (Å²) in [6.45, 7) is 3.69. The Morgan fingerprint density at radius 3 is 2.74 bits per heavy atom. The van der Waals surface area contributed by atoms with E-state index in [4.69, 9.17) is 4.74 Å². The summed E-state index contributed by atoms with van der Waals surface area (Å²) < 4.78 is 19.1. The van der Waals surface area contributed by atoms with E-state index in [2.05, 4.69) is 4.98 Å². The minimum atomic E-state index is -0.693. The van der Waals surface area contributed by atoms with Crippen LogP contribution in [0.3, 0.4) is 0 Å². The summed E-state index contributed by atoms with van der Waals surface area (Å²) >= 11 is 0. The molecule has 1 aromatic carbocycles. The summed E-state index contributed by atoms with van der Waals surface area (Å²) in [5.74, 6) is -0.321. The van der Waals surface area contributed by atoms with E-state index in [0.717, 1.165) is 11.4 Å². The lowest BCUT2D eigenvalue weighted by atomic mass is 10.1. The maximum absolute atomic E-state index is 13.7. The van der Waals surface area contributed by atoms with Crippen LogP contribution in [0.1, 0.15) is 30.0 Å². The number of rotatable bonds is 4. The molecule has 0 aliphatic heterocycles. The van der Waals surface area contributed by atoms with Crippen molar-refractivity contribution in [1.82, 2.24) is 4.98 Å². The Morgan fingerprint density at radius 2 is 2.11 bits per heavy atom. The first kappa shape index (κ1) is 13.5. The molecule has 4 heteroatoms. The Labute approximate surface area is 111 Å². The van der Waals surface area contributed by atoms with E-state index in [1.807, 2.05) is 25.1 Å². The van der Waals surface area contributed by atoms with Crippen LogP contribution in [-0.4, -0.2) is 10.1 Å². The van der Waals surface area contributed by atoms with Crippen LogP contribution in [0.2, 0.25) is 0 Å². The maximum atomic E-state index is 13.7. The summed E-state index contributed by atoms with van der Waals surface area (Å²) in [6, 6.07) is 10.0. The number of halogens is 1. The topological polar surface area (TPSA) is 42.4 Å². The number of aliphatic hydroxyl groups is 1. The first-order valence-electron chi connectivity index (χ1n) is 6.09. The van der Waals surface area contributed by atoms with Crippen LogP contribution in [0, 0.1) is 12.7 Å². The van der Waals surface area contributed by atoms with Crippen LogP contribution in [-0.2, 0) is 6.61 Å². The molecular formula is C15H16FNO2. The Balaban J connectivity index is 2.07. The van der Waals surface area contributed by atoms with Crippen molar-refractivity contribution in [3.8, 4) is 5.75 Å². The zero-order valence-corrected chi connectivity index (χ0v) is 10.9. The minimum absolute atomic E-state index is 0.160. The fraction of sp³-hybridized carbons (Fsp3) is 0.267. The van der Waals surface area contributed by atoms with Crippen LogP contribution in [0.4, 0.5) is 4.39 Å². The molecule has 0 bridgehead atoms. The van der Waals surface area contributed by atoms with Crippen molar-refractivity contribution in [3.05, 3.63) is 59.2 Å². The van der Waals surface area contributed by atoms with Crippen LogP contribution in [0.5, 0.6) is 5.75 Å². The fourth-order valence-electron chi connectivity index (χ4n) is 1.73. The smallest absolute Gasteiger partial charge is 0.165 e. The average molecular weight is 261 g/mol. The molecule has 19 heavy (non-hydrogen) atoms. The van der Waals surface area contributed by atoms with Gasteiger partial charge in [0, 0.05) is 5.69 Å². The van der Waals surface area contributed by atoms with Gasteiger partial charge in [-0.3, -0.25) is 4.98 Å². The summed E-state index contributed by atoms with van der Waals surface area (Å²) in [6.07, 6.45) is -0.693. The summed E-state index contributed by atoms with van der Waals surface area (Å²) in [4.78, 5) is 4.28. The van der Waals surface area contributed by atoms with Crippen LogP contribution in [0.15, 0.2) is 36.4 Å². The third-order valence-corrected chi connectivity index (χ3v) is 2.76. The molecule has 0 spiro atoms. The number of benzene rings is 1. The highest BCUT2D eigenvalue weighted by atomic mass is 19.1.